The summed E-state index contributed by atoms with van der Waals surface area (Å²) in [7, 11) is -4.35. The van der Waals surface area contributed by atoms with E-state index in [1.165, 1.54) is 4.31 Å². The molecule has 2 N–H and O–H groups in total. The summed E-state index contributed by atoms with van der Waals surface area (Å²) < 4.78 is 37.6. The van der Waals surface area contributed by atoms with Gasteiger partial charge in [-0.15, -0.1) is 4.99 Å². The summed E-state index contributed by atoms with van der Waals surface area (Å²) in [5.74, 6) is 0.238. The van der Waals surface area contributed by atoms with E-state index in [9.17, 15) is 18.8 Å². The van der Waals surface area contributed by atoms with E-state index in [4.69, 9.17) is 16.3 Å². The first-order valence-electron chi connectivity index (χ1n) is 12.5. The van der Waals surface area contributed by atoms with Crippen LogP contribution in [0.1, 0.15) is 53.1 Å². The summed E-state index contributed by atoms with van der Waals surface area (Å²) in [6, 6.07) is 12.4. The number of fused-ring (bicyclic) bond motifs is 1. The van der Waals surface area contributed by atoms with E-state index in [2.05, 4.69) is 10.3 Å². The van der Waals surface area contributed by atoms with Gasteiger partial charge in [0.1, 0.15) is 23.5 Å². The number of nitrogens with zero attached hydrogens (tertiary/aromatic N) is 4. The van der Waals surface area contributed by atoms with Gasteiger partial charge in [0.25, 0.3) is 0 Å². The molecule has 11 heteroatoms. The number of nitriles is 1. The summed E-state index contributed by atoms with van der Waals surface area (Å²) in [6.07, 6.45) is 0.430. The van der Waals surface area contributed by atoms with Crippen LogP contribution in [-0.4, -0.2) is 52.9 Å². The molecule has 2 unspecified atom stereocenters. The monoisotopic (exact) mass is 561 g/mol. The van der Waals surface area contributed by atoms with Gasteiger partial charge in [0, 0.05) is 29.4 Å². The first-order valence-corrected chi connectivity index (χ1v) is 14.3. The smallest absolute Gasteiger partial charge is 0.307 e. The van der Waals surface area contributed by atoms with Crippen molar-refractivity contribution in [1.29, 1.82) is 5.26 Å². The van der Waals surface area contributed by atoms with Crippen LogP contribution < -0.4 is 10.1 Å². The van der Waals surface area contributed by atoms with Gasteiger partial charge in [0.05, 0.1) is 0 Å². The molecule has 38 heavy (non-hydrogen) atoms. The van der Waals surface area contributed by atoms with Gasteiger partial charge < -0.3 is 15.2 Å². The Morgan fingerprint density at radius 1 is 1.13 bits per heavy atom. The molecule has 0 amide bonds. The standard InChI is InChI=1S/C27H36ClN5O4S/c1-18(2)15-32(16-19(3)4)38(35,36)33(26(30-17-29)31-21-13-11-20(28)12-14-21)24-22-9-7-8-10-23(22)37-27(5,6)25(24)34/h7-14,18-19,24-25,34H,15-16H2,1-6H3,(H,30,31). The van der Waals surface area contributed by atoms with Crippen molar-refractivity contribution < 1.29 is 18.3 Å². The number of para-hydroxylation sites is 1. The number of hydrogen-bond acceptors (Lipinski definition) is 6. The zero-order valence-electron chi connectivity index (χ0n) is 22.6. The van der Waals surface area contributed by atoms with E-state index in [0.29, 0.717) is 22.0 Å². The number of benzene rings is 2. The highest BCUT2D eigenvalue weighted by Gasteiger charge is 2.51. The maximum absolute atomic E-state index is 14.6. The van der Waals surface area contributed by atoms with Crippen molar-refractivity contribution in [1.82, 2.24) is 8.61 Å². The largest absolute Gasteiger partial charge is 0.485 e. The fourth-order valence-electron chi connectivity index (χ4n) is 4.39. The van der Waals surface area contributed by atoms with Crippen LogP contribution in [-0.2, 0) is 10.2 Å². The molecule has 0 bridgehead atoms. The number of halogens is 1. The molecule has 1 aliphatic rings. The Labute approximate surface area is 230 Å². The Morgan fingerprint density at radius 2 is 1.71 bits per heavy atom. The van der Waals surface area contributed by atoms with E-state index in [0.717, 1.165) is 4.31 Å². The van der Waals surface area contributed by atoms with Crippen LogP contribution in [0.25, 0.3) is 0 Å². The molecule has 1 aliphatic heterocycles. The van der Waals surface area contributed by atoms with Crippen LogP contribution in [0.15, 0.2) is 53.5 Å². The summed E-state index contributed by atoms with van der Waals surface area (Å²) in [5.41, 5.74) is -0.219. The van der Waals surface area contributed by atoms with Crippen molar-refractivity contribution >= 4 is 33.5 Å². The van der Waals surface area contributed by atoms with Crippen LogP contribution in [0, 0.1) is 23.3 Å². The second-order valence-corrected chi connectivity index (χ2v) is 13.0. The Balaban J connectivity index is 2.29. The predicted octanol–water partition coefficient (Wildman–Crippen LogP) is 5.02. The summed E-state index contributed by atoms with van der Waals surface area (Å²) >= 11 is 6.04. The molecule has 3 rings (SSSR count). The van der Waals surface area contributed by atoms with Crippen molar-refractivity contribution in [2.24, 2.45) is 16.8 Å². The van der Waals surface area contributed by atoms with E-state index >= 15 is 0 Å². The Morgan fingerprint density at radius 3 is 2.26 bits per heavy atom. The van der Waals surface area contributed by atoms with Crippen molar-refractivity contribution in [2.45, 2.75) is 59.3 Å². The van der Waals surface area contributed by atoms with Crippen molar-refractivity contribution in [3.63, 3.8) is 0 Å². The Hall–Kier alpha value is -2.84. The maximum Gasteiger partial charge on any atom is 0.307 e. The minimum Gasteiger partial charge on any atom is -0.485 e. The van der Waals surface area contributed by atoms with Gasteiger partial charge in [0.2, 0.25) is 12.2 Å². The second kappa shape index (κ2) is 11.9. The summed E-state index contributed by atoms with van der Waals surface area (Å²) in [5, 5.41) is 24.7. The van der Waals surface area contributed by atoms with E-state index in [1.807, 2.05) is 27.7 Å². The van der Waals surface area contributed by atoms with Crippen LogP contribution >= 0.6 is 11.6 Å². The van der Waals surface area contributed by atoms with Crippen molar-refractivity contribution in [2.75, 3.05) is 18.4 Å². The highest BCUT2D eigenvalue weighted by molar-refractivity contribution is 7.87. The molecule has 0 saturated carbocycles. The highest BCUT2D eigenvalue weighted by Crippen LogP contribution is 2.44. The van der Waals surface area contributed by atoms with Gasteiger partial charge in [-0.3, -0.25) is 0 Å². The molecule has 9 nitrogen and oxygen atoms in total. The second-order valence-electron chi connectivity index (χ2n) is 10.7. The van der Waals surface area contributed by atoms with Crippen LogP contribution in [0.2, 0.25) is 5.02 Å². The Bertz CT molecular complexity index is 1280. The first kappa shape index (κ1) is 29.7. The number of anilines is 1. The number of hydrogen-bond donors (Lipinski definition) is 2. The SMILES string of the molecule is CC(C)CN(CC(C)C)S(=O)(=O)N(C(=NC#N)Nc1ccc(Cl)cc1)C1c2ccccc2OC(C)(C)C1O. The van der Waals surface area contributed by atoms with Crippen LogP contribution in [0.3, 0.4) is 0 Å². The molecule has 0 fully saturated rings. The molecule has 0 saturated heterocycles. The van der Waals surface area contributed by atoms with Gasteiger partial charge in [0.15, 0.2) is 0 Å². The lowest BCUT2D eigenvalue weighted by Crippen LogP contribution is -2.59. The number of aliphatic imine (C=N–C) groups is 1. The molecule has 206 valence electrons. The minimum absolute atomic E-state index is 0.0225. The topological polar surface area (TPSA) is 118 Å². The summed E-state index contributed by atoms with van der Waals surface area (Å²) in [4.78, 5) is 3.93. The molecule has 1 heterocycles. The molecular formula is C27H36ClN5O4S. The lowest BCUT2D eigenvalue weighted by molar-refractivity contribution is -0.0723. The van der Waals surface area contributed by atoms with Gasteiger partial charge in [-0.1, -0.05) is 57.5 Å². The van der Waals surface area contributed by atoms with E-state index in [1.54, 1.807) is 68.6 Å². The highest BCUT2D eigenvalue weighted by atomic mass is 35.5. The van der Waals surface area contributed by atoms with Gasteiger partial charge >= 0.3 is 10.2 Å². The number of ether oxygens (including phenoxy) is 1. The zero-order chi connectivity index (χ0) is 28.3. The third-order valence-corrected chi connectivity index (χ3v) is 8.15. The average Bonchev–Trinajstić information content (AvgIpc) is 2.82. The molecular weight excluding hydrogens is 526 g/mol. The quantitative estimate of drug-likeness (QED) is 0.265. The normalized spacial score (nSPS) is 19.2. The molecule has 0 aliphatic carbocycles. The number of rotatable bonds is 8. The Kier molecular flexibility index (Phi) is 9.31. The molecule has 2 atom stereocenters. The zero-order valence-corrected chi connectivity index (χ0v) is 24.2. The predicted molar refractivity (Wildman–Crippen MR) is 150 cm³/mol. The third-order valence-electron chi connectivity index (χ3n) is 6.05. The third kappa shape index (κ3) is 6.59. The lowest BCUT2D eigenvalue weighted by Gasteiger charge is -2.47. The fraction of sp³-hybridized carbons (Fsp3) is 0.481. The first-order chi connectivity index (χ1) is 17.8. The number of guanidine groups is 1. The molecule has 0 radical (unpaired) electrons. The summed E-state index contributed by atoms with van der Waals surface area (Å²) in [6.45, 7) is 11.6. The van der Waals surface area contributed by atoms with Crippen molar-refractivity contribution in [3.05, 3.63) is 59.1 Å². The van der Waals surface area contributed by atoms with Gasteiger partial charge in [-0.25, -0.2) is 4.31 Å². The molecule has 2 aromatic rings. The lowest BCUT2D eigenvalue weighted by atomic mass is 9.86. The number of nitrogens with one attached hydrogen (secondary N) is 1. The fourth-order valence-corrected chi connectivity index (χ4v) is 6.56. The van der Waals surface area contributed by atoms with Crippen LogP contribution in [0.4, 0.5) is 5.69 Å². The van der Waals surface area contributed by atoms with E-state index in [-0.39, 0.29) is 30.9 Å². The molecule has 2 aromatic carbocycles. The average molecular weight is 562 g/mol. The van der Waals surface area contributed by atoms with Gasteiger partial charge in [-0.05, 0) is 56.0 Å². The maximum atomic E-state index is 14.6. The van der Waals surface area contributed by atoms with Gasteiger partial charge in [-0.2, -0.15) is 18.0 Å². The number of aliphatic hydroxyl groups is 1. The van der Waals surface area contributed by atoms with E-state index < -0.39 is 28.0 Å². The molecule has 0 spiro atoms. The number of aliphatic hydroxyl groups excluding tert-OH is 1. The molecule has 0 aromatic heterocycles. The minimum atomic E-state index is -4.35. The van der Waals surface area contributed by atoms with Crippen molar-refractivity contribution in [3.8, 4) is 11.9 Å². The van der Waals surface area contributed by atoms with Crippen LogP contribution in [0.5, 0.6) is 5.75 Å².